The molecular weight excluding hydrogens is 558 g/mol. The van der Waals surface area contributed by atoms with Gasteiger partial charge in [0, 0.05) is 5.02 Å². The van der Waals surface area contributed by atoms with E-state index in [4.69, 9.17) is 21.1 Å². The molecule has 0 radical (unpaired) electrons. The number of aliphatic hydroxyl groups is 1. The number of halogens is 1. The van der Waals surface area contributed by atoms with Gasteiger partial charge in [-0.2, -0.15) is 0 Å². The van der Waals surface area contributed by atoms with Gasteiger partial charge in [-0.15, -0.1) is 11.3 Å². The predicted molar refractivity (Wildman–Crippen MR) is 154 cm³/mol. The van der Waals surface area contributed by atoms with Crippen LogP contribution in [0.1, 0.15) is 51.7 Å². The first-order valence-electron chi connectivity index (χ1n) is 12.4. The number of nitrogens with zero attached hydrogens (tertiary/aromatic N) is 3. The quantitative estimate of drug-likeness (QED) is 0.167. The van der Waals surface area contributed by atoms with Gasteiger partial charge in [-0.25, -0.2) is 9.97 Å². The number of ketones is 1. The summed E-state index contributed by atoms with van der Waals surface area (Å²) >= 11 is 8.66. The van der Waals surface area contributed by atoms with Crippen LogP contribution in [-0.2, 0) is 4.79 Å². The van der Waals surface area contributed by atoms with E-state index in [9.17, 15) is 14.7 Å². The van der Waals surface area contributed by atoms with Crippen LogP contribution in [0.2, 0.25) is 5.02 Å². The summed E-state index contributed by atoms with van der Waals surface area (Å²) in [6, 6.07) is 9.55. The van der Waals surface area contributed by atoms with E-state index in [1.807, 2.05) is 0 Å². The Bertz CT molecular complexity index is 1630. The highest BCUT2D eigenvalue weighted by atomic mass is 35.5. The number of benzene rings is 2. The normalized spacial score (nSPS) is 15.5. The first-order chi connectivity index (χ1) is 18.7. The summed E-state index contributed by atoms with van der Waals surface area (Å²) in [5, 5.41) is 12.7. The molecule has 1 aliphatic rings. The second kappa shape index (κ2) is 11.0. The van der Waals surface area contributed by atoms with Crippen LogP contribution in [-0.4, -0.2) is 40.5 Å². The molecule has 0 saturated carbocycles. The fraction of sp³-hybridized carbons (Fsp3) is 0.286. The van der Waals surface area contributed by atoms with Gasteiger partial charge in [0.15, 0.2) is 22.4 Å². The fourth-order valence-corrected chi connectivity index (χ4v) is 6.65. The summed E-state index contributed by atoms with van der Waals surface area (Å²) < 4.78 is 12.3. The monoisotopic (exact) mass is 583 g/mol. The first kappa shape index (κ1) is 27.1. The molecule has 39 heavy (non-hydrogen) atoms. The number of amides is 1. The minimum atomic E-state index is -0.957. The van der Waals surface area contributed by atoms with Crippen molar-refractivity contribution in [2.45, 2.75) is 39.7 Å². The summed E-state index contributed by atoms with van der Waals surface area (Å²) in [6.45, 7) is 6.15. The van der Waals surface area contributed by atoms with Crippen molar-refractivity contribution >= 4 is 61.3 Å². The van der Waals surface area contributed by atoms with Gasteiger partial charge in [-0.3, -0.25) is 14.5 Å². The van der Waals surface area contributed by atoms with Gasteiger partial charge in [0.05, 0.1) is 51.1 Å². The number of aromatic nitrogens is 2. The highest BCUT2D eigenvalue weighted by Gasteiger charge is 2.46. The molecule has 0 bridgehead atoms. The number of anilines is 1. The lowest BCUT2D eigenvalue weighted by atomic mass is 9.95. The summed E-state index contributed by atoms with van der Waals surface area (Å²) in [6.07, 6.45) is 1.87. The average molecular weight is 584 g/mol. The Kier molecular flexibility index (Phi) is 7.61. The molecule has 202 valence electrons. The van der Waals surface area contributed by atoms with Gasteiger partial charge in [0.2, 0.25) is 5.78 Å². The largest absolute Gasteiger partial charge is 0.503 e. The lowest BCUT2D eigenvalue weighted by Crippen LogP contribution is -2.31. The standard InChI is InChI=1S/C28H26ClN3O5S2/c1-5-6-11-37-19-10-7-16(12-20(19)36-4)23-22(24(33)26-14(2)30-15(3)38-26)25(34)27(35)32(23)28-31-18-9-8-17(29)13-21(18)39-28/h7-10,12-13,23,34H,5-6,11H2,1-4H3. The molecule has 11 heteroatoms. The summed E-state index contributed by atoms with van der Waals surface area (Å²) in [4.78, 5) is 38.2. The predicted octanol–water partition coefficient (Wildman–Crippen LogP) is 6.99. The van der Waals surface area contributed by atoms with Gasteiger partial charge in [-0.05, 0) is 56.2 Å². The topological polar surface area (TPSA) is 102 Å². The average Bonchev–Trinajstić information content (AvgIpc) is 3.56. The molecule has 1 aliphatic heterocycles. The van der Waals surface area contributed by atoms with Crippen LogP contribution in [0.3, 0.4) is 0 Å². The maximum atomic E-state index is 13.9. The van der Waals surface area contributed by atoms with E-state index in [0.717, 1.165) is 17.5 Å². The van der Waals surface area contributed by atoms with E-state index in [1.54, 1.807) is 50.2 Å². The molecule has 1 N–H and O–H groups in total. The third kappa shape index (κ3) is 4.99. The lowest BCUT2D eigenvalue weighted by Gasteiger charge is -2.25. The van der Waals surface area contributed by atoms with Crippen molar-refractivity contribution in [1.82, 2.24) is 9.97 Å². The number of ether oxygens (including phenoxy) is 2. The van der Waals surface area contributed by atoms with Crippen LogP contribution in [0.5, 0.6) is 11.5 Å². The van der Waals surface area contributed by atoms with Crippen molar-refractivity contribution < 1.29 is 24.2 Å². The van der Waals surface area contributed by atoms with Crippen LogP contribution < -0.4 is 14.4 Å². The van der Waals surface area contributed by atoms with Crippen LogP contribution >= 0.6 is 34.3 Å². The Morgan fingerprint density at radius 3 is 2.62 bits per heavy atom. The van der Waals surface area contributed by atoms with Crippen LogP contribution in [0, 0.1) is 13.8 Å². The van der Waals surface area contributed by atoms with E-state index in [2.05, 4.69) is 16.9 Å². The number of methoxy groups -OCH3 is 1. The van der Waals surface area contributed by atoms with E-state index < -0.39 is 23.5 Å². The molecule has 5 rings (SSSR count). The zero-order chi connectivity index (χ0) is 27.8. The van der Waals surface area contributed by atoms with Gasteiger partial charge < -0.3 is 14.6 Å². The number of hydrogen-bond donors (Lipinski definition) is 1. The van der Waals surface area contributed by atoms with Crippen LogP contribution in [0.4, 0.5) is 5.13 Å². The molecule has 2 aromatic carbocycles. The molecule has 0 saturated heterocycles. The molecule has 0 aliphatic carbocycles. The Morgan fingerprint density at radius 1 is 1.13 bits per heavy atom. The number of aryl methyl sites for hydroxylation is 2. The summed E-state index contributed by atoms with van der Waals surface area (Å²) in [5.41, 5.74) is 1.72. The third-order valence-electron chi connectivity index (χ3n) is 6.37. The smallest absolute Gasteiger partial charge is 0.296 e. The van der Waals surface area contributed by atoms with Crippen molar-refractivity contribution in [2.75, 3.05) is 18.6 Å². The minimum Gasteiger partial charge on any atom is -0.503 e. The number of fused-ring (bicyclic) bond motifs is 1. The van der Waals surface area contributed by atoms with E-state index in [0.29, 0.717) is 54.9 Å². The SMILES string of the molecule is CCCCOc1ccc(C2C(C(=O)c3sc(C)nc3C)=C(O)C(=O)N2c2nc3ccc(Cl)cc3s2)cc1OC. The Hall–Kier alpha value is -3.47. The lowest BCUT2D eigenvalue weighted by molar-refractivity contribution is -0.117. The zero-order valence-corrected chi connectivity index (χ0v) is 24.2. The molecular formula is C28H26ClN3O5S2. The molecule has 3 heterocycles. The van der Waals surface area contributed by atoms with Crippen molar-refractivity contribution in [2.24, 2.45) is 0 Å². The van der Waals surface area contributed by atoms with Gasteiger partial charge >= 0.3 is 0 Å². The number of hydrogen-bond acceptors (Lipinski definition) is 9. The molecule has 1 amide bonds. The number of carbonyl (C=O) groups excluding carboxylic acids is 2. The van der Waals surface area contributed by atoms with Crippen LogP contribution in [0.15, 0.2) is 47.7 Å². The van der Waals surface area contributed by atoms with Gasteiger partial charge in [0.1, 0.15) is 0 Å². The first-order valence-corrected chi connectivity index (χ1v) is 14.4. The molecule has 2 aromatic heterocycles. The second-order valence-corrected chi connectivity index (χ2v) is 11.7. The molecule has 8 nitrogen and oxygen atoms in total. The molecule has 1 unspecified atom stereocenters. The van der Waals surface area contributed by atoms with Crippen molar-refractivity contribution in [3.05, 3.63) is 73.9 Å². The van der Waals surface area contributed by atoms with Gasteiger partial charge in [-0.1, -0.05) is 42.3 Å². The Labute approximate surface area is 238 Å². The summed E-state index contributed by atoms with van der Waals surface area (Å²) in [5.74, 6) is -0.780. The van der Waals surface area contributed by atoms with Crippen LogP contribution in [0.25, 0.3) is 10.2 Å². The highest BCUT2D eigenvalue weighted by molar-refractivity contribution is 7.22. The van der Waals surface area contributed by atoms with E-state index >= 15 is 0 Å². The number of thiazole rings is 2. The Balaban J connectivity index is 1.65. The van der Waals surface area contributed by atoms with Gasteiger partial charge in [0.25, 0.3) is 5.91 Å². The highest BCUT2D eigenvalue weighted by Crippen LogP contribution is 2.46. The minimum absolute atomic E-state index is 0.0363. The van der Waals surface area contributed by atoms with Crippen molar-refractivity contribution in [3.63, 3.8) is 0 Å². The fourth-order valence-electron chi connectivity index (χ4n) is 4.50. The molecule has 4 aromatic rings. The van der Waals surface area contributed by atoms with E-state index in [1.165, 1.54) is 34.7 Å². The van der Waals surface area contributed by atoms with Crippen molar-refractivity contribution in [1.29, 1.82) is 0 Å². The number of Topliss-reactive ketones (excluding diaryl/α,β-unsaturated/α-hetero) is 1. The molecule has 0 fully saturated rings. The number of rotatable bonds is 9. The maximum absolute atomic E-state index is 13.9. The third-order valence-corrected chi connectivity index (χ3v) is 8.69. The molecule has 1 atom stereocenters. The van der Waals surface area contributed by atoms with E-state index in [-0.39, 0.29) is 5.57 Å². The zero-order valence-electron chi connectivity index (χ0n) is 21.8. The molecule has 0 spiro atoms. The second-order valence-electron chi connectivity index (χ2n) is 9.04. The summed E-state index contributed by atoms with van der Waals surface area (Å²) in [7, 11) is 1.53. The Morgan fingerprint density at radius 2 is 1.92 bits per heavy atom. The number of unbranched alkanes of at least 4 members (excludes halogenated alkanes) is 1. The van der Waals surface area contributed by atoms with Crippen molar-refractivity contribution in [3.8, 4) is 11.5 Å². The number of carbonyl (C=O) groups is 2. The number of aliphatic hydroxyl groups excluding tert-OH is 1. The maximum Gasteiger partial charge on any atom is 0.296 e.